The summed E-state index contributed by atoms with van der Waals surface area (Å²) in [4.78, 5) is 12.2. The van der Waals surface area contributed by atoms with Crippen molar-refractivity contribution < 1.29 is 9.53 Å². The molecule has 0 spiro atoms. The van der Waals surface area contributed by atoms with Crippen molar-refractivity contribution >= 4 is 12.0 Å². The van der Waals surface area contributed by atoms with E-state index in [2.05, 4.69) is 32.2 Å². The minimum atomic E-state index is -0.126. The van der Waals surface area contributed by atoms with E-state index in [1.807, 2.05) is 78.9 Å². The average Bonchev–Trinajstić information content (AvgIpc) is 2.71. The van der Waals surface area contributed by atoms with Crippen LogP contribution in [-0.2, 0) is 16.8 Å². The van der Waals surface area contributed by atoms with Gasteiger partial charge in [-0.05, 0) is 40.8 Å². The van der Waals surface area contributed by atoms with Gasteiger partial charge in [-0.25, -0.2) is 0 Å². The highest BCUT2D eigenvalue weighted by atomic mass is 16.5. The molecule has 1 amide bonds. The monoisotopic (exact) mass is 385 g/mol. The smallest absolute Gasteiger partial charge is 0.244 e. The second-order valence-corrected chi connectivity index (χ2v) is 7.96. The third-order valence-electron chi connectivity index (χ3n) is 4.52. The zero-order chi connectivity index (χ0) is 20.7. The van der Waals surface area contributed by atoms with Crippen LogP contribution in [0.15, 0.2) is 84.9 Å². The van der Waals surface area contributed by atoms with E-state index in [4.69, 9.17) is 4.74 Å². The second-order valence-electron chi connectivity index (χ2n) is 7.96. The van der Waals surface area contributed by atoms with Crippen molar-refractivity contribution in [2.75, 3.05) is 0 Å². The zero-order valence-electron chi connectivity index (χ0n) is 17.2. The van der Waals surface area contributed by atoms with E-state index < -0.39 is 0 Å². The van der Waals surface area contributed by atoms with Crippen molar-refractivity contribution in [3.05, 3.63) is 102 Å². The minimum Gasteiger partial charge on any atom is -0.457 e. The van der Waals surface area contributed by atoms with Gasteiger partial charge in [-0.15, -0.1) is 0 Å². The molecule has 148 valence electrons. The summed E-state index contributed by atoms with van der Waals surface area (Å²) in [5.41, 5.74) is 3.05. The van der Waals surface area contributed by atoms with Gasteiger partial charge in [0.2, 0.25) is 5.91 Å². The van der Waals surface area contributed by atoms with Gasteiger partial charge < -0.3 is 10.1 Å². The molecule has 0 aliphatic rings. The standard InChI is InChI=1S/C26H27NO2/c1-26(2,3)23-16-14-20(18-24(23)29-22-12-8-5-9-13-22)15-17-25(28)27-19-21-10-6-4-7-11-21/h4-18H,19H2,1-3H3,(H,27,28)/b17-15+. The molecule has 0 unspecified atom stereocenters. The number of carbonyl (C=O) groups is 1. The molecule has 0 atom stereocenters. The summed E-state index contributed by atoms with van der Waals surface area (Å²) < 4.78 is 6.15. The molecule has 3 aromatic carbocycles. The first-order valence-electron chi connectivity index (χ1n) is 9.79. The first-order chi connectivity index (χ1) is 13.9. The maximum Gasteiger partial charge on any atom is 0.244 e. The molecule has 3 nitrogen and oxygen atoms in total. The molecule has 0 saturated heterocycles. The molecule has 0 heterocycles. The van der Waals surface area contributed by atoms with Gasteiger partial charge in [-0.2, -0.15) is 0 Å². The van der Waals surface area contributed by atoms with E-state index in [9.17, 15) is 4.79 Å². The second kappa shape index (κ2) is 9.24. The van der Waals surface area contributed by atoms with E-state index in [-0.39, 0.29) is 11.3 Å². The van der Waals surface area contributed by atoms with E-state index in [1.165, 1.54) is 0 Å². The molecular weight excluding hydrogens is 358 g/mol. The first-order valence-corrected chi connectivity index (χ1v) is 9.79. The Morgan fingerprint density at radius 3 is 2.24 bits per heavy atom. The Labute approximate surface area is 173 Å². The van der Waals surface area contributed by atoms with Crippen molar-refractivity contribution in [3.8, 4) is 11.5 Å². The molecule has 0 saturated carbocycles. The Kier molecular flexibility index (Phi) is 6.50. The number of hydrogen-bond donors (Lipinski definition) is 1. The maximum absolute atomic E-state index is 12.2. The molecule has 3 rings (SSSR count). The summed E-state index contributed by atoms with van der Waals surface area (Å²) in [6.07, 6.45) is 3.37. The summed E-state index contributed by atoms with van der Waals surface area (Å²) in [6.45, 7) is 6.99. The van der Waals surface area contributed by atoms with Crippen molar-refractivity contribution in [1.29, 1.82) is 0 Å². The van der Waals surface area contributed by atoms with E-state index in [0.29, 0.717) is 6.54 Å². The zero-order valence-corrected chi connectivity index (χ0v) is 17.2. The molecule has 29 heavy (non-hydrogen) atoms. The fourth-order valence-electron chi connectivity index (χ4n) is 2.98. The molecular formula is C26H27NO2. The topological polar surface area (TPSA) is 38.3 Å². The van der Waals surface area contributed by atoms with Crippen LogP contribution in [0.5, 0.6) is 11.5 Å². The van der Waals surface area contributed by atoms with Crippen LogP contribution in [0.2, 0.25) is 0 Å². The fourth-order valence-corrected chi connectivity index (χ4v) is 2.98. The van der Waals surface area contributed by atoms with Gasteiger partial charge in [0.15, 0.2) is 0 Å². The summed E-state index contributed by atoms with van der Waals surface area (Å²) in [5, 5.41) is 2.90. The summed E-state index contributed by atoms with van der Waals surface area (Å²) in [6, 6.07) is 25.7. The number of para-hydroxylation sites is 1. The van der Waals surface area contributed by atoms with Crippen LogP contribution in [0.25, 0.3) is 6.08 Å². The fraction of sp³-hybridized carbons (Fsp3) is 0.192. The summed E-state index contributed by atoms with van der Waals surface area (Å²) >= 11 is 0. The van der Waals surface area contributed by atoms with E-state index >= 15 is 0 Å². The molecule has 3 heteroatoms. The minimum absolute atomic E-state index is 0.0561. The van der Waals surface area contributed by atoms with Crippen molar-refractivity contribution in [1.82, 2.24) is 5.32 Å². The average molecular weight is 386 g/mol. The maximum atomic E-state index is 12.2. The lowest BCUT2D eigenvalue weighted by atomic mass is 9.85. The number of ether oxygens (including phenoxy) is 1. The number of amides is 1. The lowest BCUT2D eigenvalue weighted by molar-refractivity contribution is -0.116. The van der Waals surface area contributed by atoms with Crippen LogP contribution < -0.4 is 10.1 Å². The van der Waals surface area contributed by atoms with Crippen LogP contribution in [0.4, 0.5) is 0 Å². The highest BCUT2D eigenvalue weighted by Gasteiger charge is 2.19. The SMILES string of the molecule is CC(C)(C)c1ccc(/C=C/C(=O)NCc2ccccc2)cc1Oc1ccccc1. The number of carbonyl (C=O) groups excluding carboxylic acids is 1. The summed E-state index contributed by atoms with van der Waals surface area (Å²) in [5.74, 6) is 1.47. The Morgan fingerprint density at radius 1 is 0.931 bits per heavy atom. The van der Waals surface area contributed by atoms with Gasteiger partial charge in [0.05, 0.1) is 0 Å². The van der Waals surface area contributed by atoms with Gasteiger partial charge in [0, 0.05) is 18.2 Å². The lowest BCUT2D eigenvalue weighted by Gasteiger charge is -2.23. The number of benzene rings is 3. The highest BCUT2D eigenvalue weighted by Crippen LogP contribution is 2.35. The molecule has 0 radical (unpaired) electrons. The molecule has 0 aliphatic carbocycles. The highest BCUT2D eigenvalue weighted by molar-refractivity contribution is 5.91. The number of hydrogen-bond acceptors (Lipinski definition) is 2. The van der Waals surface area contributed by atoms with Gasteiger partial charge >= 0.3 is 0 Å². The molecule has 1 N–H and O–H groups in total. The van der Waals surface area contributed by atoms with Gasteiger partial charge in [0.25, 0.3) is 0 Å². The number of rotatable bonds is 6. The molecule has 0 aromatic heterocycles. The Bertz CT molecular complexity index is 971. The Morgan fingerprint density at radius 2 is 1.59 bits per heavy atom. The van der Waals surface area contributed by atoms with Crippen LogP contribution in [0.3, 0.4) is 0 Å². The van der Waals surface area contributed by atoms with Crippen molar-refractivity contribution in [2.24, 2.45) is 0 Å². The van der Waals surface area contributed by atoms with Crippen LogP contribution in [-0.4, -0.2) is 5.91 Å². The number of nitrogens with one attached hydrogen (secondary N) is 1. The van der Waals surface area contributed by atoms with Crippen LogP contribution >= 0.6 is 0 Å². The molecule has 0 aliphatic heterocycles. The summed E-state index contributed by atoms with van der Waals surface area (Å²) in [7, 11) is 0. The lowest BCUT2D eigenvalue weighted by Crippen LogP contribution is -2.20. The predicted molar refractivity (Wildman–Crippen MR) is 119 cm³/mol. The Balaban J connectivity index is 1.74. The van der Waals surface area contributed by atoms with Crippen LogP contribution in [0.1, 0.15) is 37.5 Å². The molecule has 3 aromatic rings. The van der Waals surface area contributed by atoms with Crippen molar-refractivity contribution in [2.45, 2.75) is 32.7 Å². The molecule has 0 fully saturated rings. The Hall–Kier alpha value is -3.33. The van der Waals surface area contributed by atoms with Gasteiger partial charge in [-0.1, -0.05) is 81.4 Å². The first kappa shape index (κ1) is 20.4. The van der Waals surface area contributed by atoms with Crippen molar-refractivity contribution in [3.63, 3.8) is 0 Å². The third kappa shape index (κ3) is 6.08. The quantitative estimate of drug-likeness (QED) is 0.520. The molecule has 0 bridgehead atoms. The normalized spacial score (nSPS) is 11.4. The van der Waals surface area contributed by atoms with Gasteiger partial charge in [0.1, 0.15) is 11.5 Å². The third-order valence-corrected chi connectivity index (χ3v) is 4.52. The van der Waals surface area contributed by atoms with Crippen LogP contribution in [0, 0.1) is 0 Å². The largest absolute Gasteiger partial charge is 0.457 e. The van der Waals surface area contributed by atoms with E-state index in [1.54, 1.807) is 6.08 Å². The van der Waals surface area contributed by atoms with Gasteiger partial charge in [-0.3, -0.25) is 4.79 Å². The predicted octanol–water partition coefficient (Wildman–Crippen LogP) is 6.11. The van der Waals surface area contributed by atoms with E-state index in [0.717, 1.165) is 28.2 Å².